The van der Waals surface area contributed by atoms with Crippen LogP contribution in [0.1, 0.15) is 99.3 Å². The van der Waals surface area contributed by atoms with E-state index in [1.807, 2.05) is 6.08 Å². The Morgan fingerprint density at radius 3 is 1.64 bits per heavy atom. The average molecular weight is 357 g/mol. The fourth-order valence-corrected chi connectivity index (χ4v) is 2.97. The Hall–Kier alpha value is -0.830. The van der Waals surface area contributed by atoms with Crippen molar-refractivity contribution in [1.29, 1.82) is 0 Å². The molecule has 0 bridgehead atoms. The summed E-state index contributed by atoms with van der Waals surface area (Å²) in [5.41, 5.74) is 1.34. The Morgan fingerprint density at radius 2 is 1.24 bits per heavy atom. The minimum atomic E-state index is -0.833. The van der Waals surface area contributed by atoms with Crippen molar-refractivity contribution in [3.8, 4) is 0 Å². The zero-order chi connectivity index (χ0) is 19.7. The van der Waals surface area contributed by atoms with E-state index in [2.05, 4.69) is 34.6 Å². The van der Waals surface area contributed by atoms with E-state index < -0.39 is 5.97 Å². The summed E-state index contributed by atoms with van der Waals surface area (Å²) >= 11 is 0. The second-order valence-electron chi connectivity index (χ2n) is 8.11. The lowest BCUT2D eigenvalue weighted by atomic mass is 9.91. The van der Waals surface area contributed by atoms with Gasteiger partial charge in [0.25, 0.3) is 5.97 Å². The normalized spacial score (nSPS) is 14.0. The molecule has 0 aliphatic carbocycles. The van der Waals surface area contributed by atoms with Gasteiger partial charge >= 0.3 is 0 Å². The van der Waals surface area contributed by atoms with Gasteiger partial charge in [0.15, 0.2) is 0 Å². The number of carboxylic acid groups (broad SMARTS) is 1. The number of rotatable bonds is 13. The fourth-order valence-electron chi connectivity index (χ4n) is 2.97. The van der Waals surface area contributed by atoms with Crippen LogP contribution in [0.3, 0.4) is 0 Å². The monoisotopic (exact) mass is 356 g/mol. The number of aliphatic carboxylic acids is 1. The first-order valence-corrected chi connectivity index (χ1v) is 10.1. The van der Waals surface area contributed by atoms with Crippen LogP contribution in [0.25, 0.3) is 0 Å². The molecule has 0 heterocycles. The molecule has 0 aliphatic heterocycles. The molecule has 0 aromatic heterocycles. The van der Waals surface area contributed by atoms with E-state index in [0.29, 0.717) is 0 Å². The van der Waals surface area contributed by atoms with Crippen molar-refractivity contribution in [2.45, 2.75) is 99.3 Å². The van der Waals surface area contributed by atoms with Crippen molar-refractivity contribution in [2.75, 3.05) is 6.61 Å². The van der Waals surface area contributed by atoms with Gasteiger partial charge in [0.05, 0.1) is 6.61 Å². The third kappa shape index (κ3) is 25.5. The smallest absolute Gasteiger partial charge is 0.300 e. The van der Waals surface area contributed by atoms with Crippen LogP contribution < -0.4 is 0 Å². The van der Waals surface area contributed by atoms with Gasteiger partial charge in [0.2, 0.25) is 0 Å². The number of aliphatic hydroxyl groups is 1. The molecular formula is C22H44O3. The molecule has 0 spiro atoms. The van der Waals surface area contributed by atoms with E-state index in [0.717, 1.165) is 31.1 Å². The summed E-state index contributed by atoms with van der Waals surface area (Å²) in [6.45, 7) is 12.9. The van der Waals surface area contributed by atoms with Crippen molar-refractivity contribution >= 4 is 5.97 Å². The standard InChI is InChI=1S/C20H40O.C2H4O2/c1-17(2)9-6-10-18(3)11-7-12-19(4)13-8-14-20(5)15-16-21;1-2(3)4/h15,17-19,21H,6-14,16H2,1-5H3;1H3,(H,3,4)/b20-15+;. The lowest BCUT2D eigenvalue weighted by Crippen LogP contribution is -2.00. The number of carboxylic acids is 1. The molecule has 3 heteroatoms. The van der Waals surface area contributed by atoms with Gasteiger partial charge in [-0.2, -0.15) is 0 Å². The second-order valence-corrected chi connectivity index (χ2v) is 8.11. The topological polar surface area (TPSA) is 57.5 Å². The predicted molar refractivity (Wildman–Crippen MR) is 109 cm³/mol. The van der Waals surface area contributed by atoms with Crippen LogP contribution >= 0.6 is 0 Å². The summed E-state index contributed by atoms with van der Waals surface area (Å²) in [6.07, 6.45) is 14.1. The summed E-state index contributed by atoms with van der Waals surface area (Å²) < 4.78 is 0. The maximum Gasteiger partial charge on any atom is 0.300 e. The molecule has 2 N–H and O–H groups in total. The third-order valence-corrected chi connectivity index (χ3v) is 4.58. The van der Waals surface area contributed by atoms with Crippen molar-refractivity contribution in [2.24, 2.45) is 17.8 Å². The summed E-state index contributed by atoms with van der Waals surface area (Å²) in [5, 5.41) is 16.2. The maximum absolute atomic E-state index is 9.00. The summed E-state index contributed by atoms with van der Waals surface area (Å²) in [6, 6.07) is 0. The van der Waals surface area contributed by atoms with Crippen LogP contribution in [0.2, 0.25) is 0 Å². The lowest BCUT2D eigenvalue weighted by Gasteiger charge is -2.15. The number of hydrogen-bond acceptors (Lipinski definition) is 2. The largest absolute Gasteiger partial charge is 0.481 e. The number of carbonyl (C=O) groups is 1. The SMILES string of the molecule is C/C(=C\CO)CCCC(C)CCCC(C)CCCC(C)C.CC(=O)O. The summed E-state index contributed by atoms with van der Waals surface area (Å²) in [4.78, 5) is 9.00. The summed E-state index contributed by atoms with van der Waals surface area (Å²) in [5.74, 6) is 1.79. The molecule has 2 unspecified atom stereocenters. The van der Waals surface area contributed by atoms with Gasteiger partial charge in [-0.3, -0.25) is 4.79 Å². The van der Waals surface area contributed by atoms with Gasteiger partial charge in [0, 0.05) is 6.92 Å². The van der Waals surface area contributed by atoms with E-state index in [-0.39, 0.29) is 6.61 Å². The number of aliphatic hydroxyl groups excluding tert-OH is 1. The van der Waals surface area contributed by atoms with Crippen LogP contribution in [0.5, 0.6) is 0 Å². The van der Waals surface area contributed by atoms with Crippen LogP contribution in [0.4, 0.5) is 0 Å². The Labute approximate surface area is 156 Å². The molecule has 0 aliphatic rings. The van der Waals surface area contributed by atoms with Crippen molar-refractivity contribution in [3.63, 3.8) is 0 Å². The molecule has 0 aromatic rings. The highest BCUT2D eigenvalue weighted by Crippen LogP contribution is 2.21. The Balaban J connectivity index is 0. The van der Waals surface area contributed by atoms with Crippen LogP contribution in [0.15, 0.2) is 11.6 Å². The van der Waals surface area contributed by atoms with Crippen LogP contribution in [-0.2, 0) is 4.79 Å². The fraction of sp³-hybridized carbons (Fsp3) is 0.864. The Bertz CT molecular complexity index is 330. The van der Waals surface area contributed by atoms with Gasteiger partial charge in [0.1, 0.15) is 0 Å². The first-order valence-electron chi connectivity index (χ1n) is 10.1. The second kappa shape index (κ2) is 18.0. The predicted octanol–water partition coefficient (Wildman–Crippen LogP) is 6.46. The minimum absolute atomic E-state index is 0.191. The molecule has 0 rings (SSSR count). The first-order chi connectivity index (χ1) is 11.7. The molecule has 150 valence electrons. The highest BCUT2D eigenvalue weighted by atomic mass is 16.4. The molecule has 2 atom stereocenters. The molecule has 0 saturated heterocycles. The number of hydrogen-bond donors (Lipinski definition) is 2. The van der Waals surface area contributed by atoms with Gasteiger partial charge in [-0.05, 0) is 37.5 Å². The van der Waals surface area contributed by atoms with Crippen molar-refractivity contribution in [3.05, 3.63) is 11.6 Å². The zero-order valence-corrected chi connectivity index (χ0v) is 17.7. The van der Waals surface area contributed by atoms with E-state index >= 15 is 0 Å². The Morgan fingerprint density at radius 1 is 0.840 bits per heavy atom. The molecular weight excluding hydrogens is 312 g/mol. The van der Waals surface area contributed by atoms with E-state index in [9.17, 15) is 0 Å². The molecule has 0 amide bonds. The zero-order valence-electron chi connectivity index (χ0n) is 17.7. The first kappa shape index (κ1) is 26.4. The highest BCUT2D eigenvalue weighted by molar-refractivity contribution is 5.62. The van der Waals surface area contributed by atoms with Crippen molar-refractivity contribution in [1.82, 2.24) is 0 Å². The van der Waals surface area contributed by atoms with Gasteiger partial charge < -0.3 is 10.2 Å². The molecule has 0 radical (unpaired) electrons. The van der Waals surface area contributed by atoms with Crippen LogP contribution in [0, 0.1) is 17.8 Å². The molecule has 25 heavy (non-hydrogen) atoms. The quantitative estimate of drug-likeness (QED) is 0.372. The van der Waals surface area contributed by atoms with Gasteiger partial charge in [-0.25, -0.2) is 0 Å². The van der Waals surface area contributed by atoms with Gasteiger partial charge in [-0.15, -0.1) is 0 Å². The van der Waals surface area contributed by atoms with Gasteiger partial charge in [-0.1, -0.05) is 84.3 Å². The molecule has 0 saturated carbocycles. The average Bonchev–Trinajstić information content (AvgIpc) is 2.46. The Kier molecular flexibility index (Phi) is 19.0. The maximum atomic E-state index is 9.00. The molecule has 0 fully saturated rings. The molecule has 3 nitrogen and oxygen atoms in total. The van der Waals surface area contributed by atoms with E-state index in [1.165, 1.54) is 56.9 Å². The highest BCUT2D eigenvalue weighted by Gasteiger charge is 2.06. The number of allylic oxidation sites excluding steroid dienone is 1. The van der Waals surface area contributed by atoms with Crippen molar-refractivity contribution < 1.29 is 15.0 Å². The summed E-state index contributed by atoms with van der Waals surface area (Å²) in [7, 11) is 0. The van der Waals surface area contributed by atoms with E-state index in [1.54, 1.807) is 0 Å². The van der Waals surface area contributed by atoms with E-state index in [4.69, 9.17) is 15.0 Å². The lowest BCUT2D eigenvalue weighted by molar-refractivity contribution is -0.134. The van der Waals surface area contributed by atoms with Crippen LogP contribution in [-0.4, -0.2) is 22.8 Å². The minimum Gasteiger partial charge on any atom is -0.481 e. The molecule has 0 aromatic carbocycles. The third-order valence-electron chi connectivity index (χ3n) is 4.58.